The maximum absolute atomic E-state index is 13.8. The van der Waals surface area contributed by atoms with Crippen LogP contribution in [0.3, 0.4) is 0 Å². The molecule has 0 aliphatic heterocycles. The third-order valence-electron chi connectivity index (χ3n) is 2.93. The van der Waals surface area contributed by atoms with Crippen LogP contribution >= 0.6 is 15.9 Å². The second kappa shape index (κ2) is 6.33. The van der Waals surface area contributed by atoms with Crippen molar-refractivity contribution in [2.24, 2.45) is 5.73 Å². The number of hydrogen-bond donors (Lipinski definition) is 1. The molecule has 20 heavy (non-hydrogen) atoms. The fourth-order valence-electron chi connectivity index (χ4n) is 1.72. The molecule has 2 rings (SSSR count). The highest BCUT2D eigenvalue weighted by molar-refractivity contribution is 9.10. The standard InChI is InChI=1S/C15H14BrF2NO/c1-9(19)10-2-4-11(5-3-10)20-8-12-14(17)7-6-13(16)15(12)18/h2-7,9H,8,19H2,1H3/t9-/m0/s1. The van der Waals surface area contributed by atoms with Crippen LogP contribution in [0, 0.1) is 11.6 Å². The summed E-state index contributed by atoms with van der Waals surface area (Å²) in [6, 6.07) is 9.57. The molecule has 2 aromatic carbocycles. The largest absolute Gasteiger partial charge is 0.489 e. The smallest absolute Gasteiger partial charge is 0.146 e. The molecule has 0 fully saturated rings. The molecule has 2 aromatic rings. The topological polar surface area (TPSA) is 35.2 Å². The van der Waals surface area contributed by atoms with E-state index in [9.17, 15) is 8.78 Å². The fraction of sp³-hybridized carbons (Fsp3) is 0.200. The van der Waals surface area contributed by atoms with Crippen molar-refractivity contribution in [1.29, 1.82) is 0 Å². The van der Waals surface area contributed by atoms with Crippen LogP contribution in [0.4, 0.5) is 8.78 Å². The number of nitrogens with two attached hydrogens (primary N) is 1. The lowest BCUT2D eigenvalue weighted by atomic mass is 10.1. The van der Waals surface area contributed by atoms with Crippen molar-refractivity contribution in [3.8, 4) is 5.75 Å². The van der Waals surface area contributed by atoms with Gasteiger partial charge in [-0.2, -0.15) is 0 Å². The van der Waals surface area contributed by atoms with Crippen molar-refractivity contribution in [2.45, 2.75) is 19.6 Å². The Balaban J connectivity index is 2.11. The van der Waals surface area contributed by atoms with Crippen LogP contribution in [-0.2, 0) is 6.61 Å². The second-order valence-electron chi connectivity index (χ2n) is 4.47. The molecule has 0 amide bonds. The van der Waals surface area contributed by atoms with Gasteiger partial charge in [0.1, 0.15) is 24.0 Å². The Hall–Kier alpha value is -1.46. The molecule has 0 radical (unpaired) electrons. The third-order valence-corrected chi connectivity index (χ3v) is 3.54. The zero-order valence-electron chi connectivity index (χ0n) is 10.9. The summed E-state index contributed by atoms with van der Waals surface area (Å²) in [7, 11) is 0. The average molecular weight is 342 g/mol. The van der Waals surface area contributed by atoms with Gasteiger partial charge in [0.25, 0.3) is 0 Å². The van der Waals surface area contributed by atoms with E-state index in [1.165, 1.54) is 12.1 Å². The van der Waals surface area contributed by atoms with Gasteiger partial charge >= 0.3 is 0 Å². The zero-order valence-corrected chi connectivity index (χ0v) is 12.5. The van der Waals surface area contributed by atoms with Crippen LogP contribution in [0.15, 0.2) is 40.9 Å². The van der Waals surface area contributed by atoms with Gasteiger partial charge in [0, 0.05) is 6.04 Å². The minimum Gasteiger partial charge on any atom is -0.489 e. The minimum atomic E-state index is -0.641. The van der Waals surface area contributed by atoms with E-state index >= 15 is 0 Å². The minimum absolute atomic E-state index is 0.0657. The summed E-state index contributed by atoms with van der Waals surface area (Å²) in [5.74, 6) is -0.733. The molecule has 0 saturated heterocycles. The average Bonchev–Trinajstić information content (AvgIpc) is 2.43. The Morgan fingerprint density at radius 3 is 2.40 bits per heavy atom. The van der Waals surface area contributed by atoms with Crippen molar-refractivity contribution in [3.63, 3.8) is 0 Å². The normalized spacial score (nSPS) is 12.2. The van der Waals surface area contributed by atoms with Crippen LogP contribution in [0.5, 0.6) is 5.75 Å². The van der Waals surface area contributed by atoms with Crippen LogP contribution in [0.25, 0.3) is 0 Å². The highest BCUT2D eigenvalue weighted by atomic mass is 79.9. The van der Waals surface area contributed by atoms with Gasteiger partial charge in [0.15, 0.2) is 0 Å². The third kappa shape index (κ3) is 3.35. The van der Waals surface area contributed by atoms with E-state index in [1.54, 1.807) is 12.1 Å². The molecule has 106 valence electrons. The van der Waals surface area contributed by atoms with Crippen LogP contribution < -0.4 is 10.5 Å². The number of ether oxygens (including phenoxy) is 1. The molecule has 0 heterocycles. The molecule has 2 nitrogen and oxygen atoms in total. The Kier molecular flexibility index (Phi) is 4.73. The summed E-state index contributed by atoms with van der Waals surface area (Å²) in [5, 5.41) is 0. The molecule has 0 aliphatic carbocycles. The Labute approximate surface area is 124 Å². The van der Waals surface area contributed by atoms with Crippen molar-refractivity contribution < 1.29 is 13.5 Å². The predicted molar refractivity (Wildman–Crippen MR) is 77.4 cm³/mol. The predicted octanol–water partition coefficient (Wildman–Crippen LogP) is 4.33. The first-order valence-corrected chi connectivity index (χ1v) is 6.89. The molecular formula is C15H14BrF2NO. The number of halogens is 3. The van der Waals surface area contributed by atoms with Gasteiger partial charge in [0.2, 0.25) is 0 Å². The zero-order chi connectivity index (χ0) is 14.7. The van der Waals surface area contributed by atoms with Crippen LogP contribution in [-0.4, -0.2) is 0 Å². The van der Waals surface area contributed by atoms with E-state index in [0.29, 0.717) is 5.75 Å². The molecule has 0 aliphatic rings. The molecule has 0 spiro atoms. The molecule has 0 aromatic heterocycles. The van der Waals surface area contributed by atoms with E-state index in [-0.39, 0.29) is 22.7 Å². The highest BCUT2D eigenvalue weighted by Gasteiger charge is 2.13. The summed E-state index contributed by atoms with van der Waals surface area (Å²) in [6.45, 7) is 1.71. The quantitative estimate of drug-likeness (QED) is 0.840. The highest BCUT2D eigenvalue weighted by Crippen LogP contribution is 2.23. The first-order chi connectivity index (χ1) is 9.49. The Morgan fingerprint density at radius 2 is 1.80 bits per heavy atom. The van der Waals surface area contributed by atoms with E-state index in [4.69, 9.17) is 10.5 Å². The lowest BCUT2D eigenvalue weighted by Crippen LogP contribution is -2.05. The first kappa shape index (κ1) is 14.9. The van der Waals surface area contributed by atoms with E-state index in [1.807, 2.05) is 19.1 Å². The summed E-state index contributed by atoms with van der Waals surface area (Å²) in [6.07, 6.45) is 0. The van der Waals surface area contributed by atoms with Gasteiger partial charge in [-0.05, 0) is 52.7 Å². The Morgan fingerprint density at radius 1 is 1.15 bits per heavy atom. The van der Waals surface area contributed by atoms with E-state index in [0.717, 1.165) is 5.56 Å². The molecule has 0 bridgehead atoms. The molecule has 1 atom stereocenters. The van der Waals surface area contributed by atoms with Crippen LogP contribution in [0.1, 0.15) is 24.1 Å². The van der Waals surface area contributed by atoms with Gasteiger partial charge < -0.3 is 10.5 Å². The lowest BCUT2D eigenvalue weighted by molar-refractivity contribution is 0.292. The van der Waals surface area contributed by atoms with E-state index < -0.39 is 11.6 Å². The van der Waals surface area contributed by atoms with Crippen molar-refractivity contribution in [1.82, 2.24) is 0 Å². The van der Waals surface area contributed by atoms with Gasteiger partial charge in [-0.3, -0.25) is 0 Å². The summed E-state index contributed by atoms with van der Waals surface area (Å²) in [4.78, 5) is 0. The fourth-order valence-corrected chi connectivity index (χ4v) is 2.10. The molecule has 0 saturated carbocycles. The molecule has 5 heteroatoms. The van der Waals surface area contributed by atoms with Gasteiger partial charge in [0.05, 0.1) is 10.0 Å². The van der Waals surface area contributed by atoms with Gasteiger partial charge in [-0.1, -0.05) is 12.1 Å². The van der Waals surface area contributed by atoms with Crippen LogP contribution in [0.2, 0.25) is 0 Å². The monoisotopic (exact) mass is 341 g/mol. The maximum Gasteiger partial charge on any atom is 0.146 e. The second-order valence-corrected chi connectivity index (χ2v) is 5.32. The van der Waals surface area contributed by atoms with Gasteiger partial charge in [-0.25, -0.2) is 8.78 Å². The lowest BCUT2D eigenvalue weighted by Gasteiger charge is -2.10. The van der Waals surface area contributed by atoms with Crippen molar-refractivity contribution >= 4 is 15.9 Å². The SMILES string of the molecule is C[C@H](N)c1ccc(OCc2c(F)ccc(Br)c2F)cc1. The summed E-state index contributed by atoms with van der Waals surface area (Å²) >= 11 is 3.02. The van der Waals surface area contributed by atoms with Crippen molar-refractivity contribution in [3.05, 3.63) is 63.6 Å². The maximum atomic E-state index is 13.8. The Bertz CT molecular complexity index is 600. The molecular weight excluding hydrogens is 328 g/mol. The summed E-state index contributed by atoms with van der Waals surface area (Å²) < 4.78 is 32.9. The molecule has 0 unspecified atom stereocenters. The summed E-state index contributed by atoms with van der Waals surface area (Å²) in [5.41, 5.74) is 6.61. The molecule has 2 N–H and O–H groups in total. The number of hydrogen-bond acceptors (Lipinski definition) is 2. The van der Waals surface area contributed by atoms with Crippen molar-refractivity contribution in [2.75, 3.05) is 0 Å². The number of rotatable bonds is 4. The first-order valence-electron chi connectivity index (χ1n) is 6.09. The van der Waals surface area contributed by atoms with E-state index in [2.05, 4.69) is 15.9 Å². The van der Waals surface area contributed by atoms with Gasteiger partial charge in [-0.15, -0.1) is 0 Å². The number of benzene rings is 2.